The minimum atomic E-state index is -0.361. The van der Waals surface area contributed by atoms with E-state index in [1.807, 2.05) is 18.5 Å². The monoisotopic (exact) mass is 266 g/mol. The molecule has 1 N–H and O–H groups in total. The normalized spacial score (nSPS) is 10.6. The highest BCUT2D eigenvalue weighted by Gasteiger charge is 2.08. The molecule has 1 heterocycles. The minimum absolute atomic E-state index is 0.254. The van der Waals surface area contributed by atoms with Crippen LogP contribution in [0.25, 0.3) is 11.3 Å². The number of thiazole rings is 1. The fraction of sp³-hybridized carbons (Fsp3) is 0.308. The van der Waals surface area contributed by atoms with E-state index in [0.717, 1.165) is 29.2 Å². The molecule has 0 saturated carbocycles. The van der Waals surface area contributed by atoms with Crippen LogP contribution in [-0.4, -0.2) is 25.7 Å². The smallest absolute Gasteiger partial charge is 0.165 e. The second kappa shape index (κ2) is 5.93. The van der Waals surface area contributed by atoms with Crippen LogP contribution in [-0.2, 0) is 6.42 Å². The standard InChI is InChI=1S/C13H15FN2OS/c1-15-6-5-13-16-11(8-18-13)9-3-4-12(17-2)10(14)7-9/h3-4,7-8,15H,5-6H2,1-2H3. The van der Waals surface area contributed by atoms with Crippen molar-refractivity contribution in [1.82, 2.24) is 10.3 Å². The van der Waals surface area contributed by atoms with Crippen LogP contribution in [0, 0.1) is 5.82 Å². The molecule has 18 heavy (non-hydrogen) atoms. The highest BCUT2D eigenvalue weighted by Crippen LogP contribution is 2.26. The fourth-order valence-corrected chi connectivity index (χ4v) is 2.42. The number of aromatic nitrogens is 1. The number of ether oxygens (including phenoxy) is 1. The number of nitrogens with one attached hydrogen (secondary N) is 1. The second-order valence-electron chi connectivity index (χ2n) is 3.83. The van der Waals surface area contributed by atoms with Gasteiger partial charge in [-0.3, -0.25) is 0 Å². The molecule has 0 radical (unpaired) electrons. The van der Waals surface area contributed by atoms with Crippen molar-refractivity contribution >= 4 is 11.3 Å². The van der Waals surface area contributed by atoms with Gasteiger partial charge in [-0.25, -0.2) is 9.37 Å². The van der Waals surface area contributed by atoms with E-state index < -0.39 is 0 Å². The molecule has 2 rings (SSSR count). The van der Waals surface area contributed by atoms with Crippen molar-refractivity contribution in [1.29, 1.82) is 0 Å². The molecule has 0 aliphatic carbocycles. The third kappa shape index (κ3) is 2.86. The van der Waals surface area contributed by atoms with Crippen LogP contribution < -0.4 is 10.1 Å². The molecule has 0 fully saturated rings. The van der Waals surface area contributed by atoms with Crippen molar-refractivity contribution in [3.8, 4) is 17.0 Å². The summed E-state index contributed by atoms with van der Waals surface area (Å²) in [4.78, 5) is 4.49. The molecule has 2 aromatic rings. The molecule has 0 amide bonds. The highest BCUT2D eigenvalue weighted by molar-refractivity contribution is 7.09. The third-order valence-corrected chi connectivity index (χ3v) is 3.50. The number of benzene rings is 1. The molecule has 1 aromatic carbocycles. The number of hydrogen-bond donors (Lipinski definition) is 1. The van der Waals surface area contributed by atoms with E-state index >= 15 is 0 Å². The van der Waals surface area contributed by atoms with Crippen LogP contribution in [0.3, 0.4) is 0 Å². The molecule has 3 nitrogen and oxygen atoms in total. The number of methoxy groups -OCH3 is 1. The van der Waals surface area contributed by atoms with Crippen molar-refractivity contribution in [2.24, 2.45) is 0 Å². The van der Waals surface area contributed by atoms with Crippen molar-refractivity contribution in [3.05, 3.63) is 34.4 Å². The molecule has 0 spiro atoms. The molecular weight excluding hydrogens is 251 g/mol. The first-order valence-electron chi connectivity index (χ1n) is 5.67. The van der Waals surface area contributed by atoms with E-state index in [1.54, 1.807) is 17.4 Å². The van der Waals surface area contributed by atoms with Gasteiger partial charge in [0.25, 0.3) is 0 Å². The molecule has 0 atom stereocenters. The van der Waals surface area contributed by atoms with E-state index in [2.05, 4.69) is 10.3 Å². The first kappa shape index (κ1) is 13.0. The maximum absolute atomic E-state index is 13.6. The Morgan fingerprint density at radius 3 is 2.94 bits per heavy atom. The van der Waals surface area contributed by atoms with Gasteiger partial charge in [-0.1, -0.05) is 0 Å². The number of nitrogens with zero attached hydrogens (tertiary/aromatic N) is 1. The molecule has 1 aromatic heterocycles. The zero-order chi connectivity index (χ0) is 13.0. The number of rotatable bonds is 5. The summed E-state index contributed by atoms with van der Waals surface area (Å²) in [7, 11) is 3.37. The van der Waals surface area contributed by atoms with Crippen LogP contribution in [0.2, 0.25) is 0 Å². The van der Waals surface area contributed by atoms with Gasteiger partial charge in [0.2, 0.25) is 0 Å². The van der Waals surface area contributed by atoms with E-state index in [1.165, 1.54) is 13.2 Å². The Kier molecular flexibility index (Phi) is 4.28. The van der Waals surface area contributed by atoms with E-state index in [0.29, 0.717) is 0 Å². The average molecular weight is 266 g/mol. The summed E-state index contributed by atoms with van der Waals surface area (Å²) in [5.74, 6) is -0.107. The Balaban J connectivity index is 2.20. The summed E-state index contributed by atoms with van der Waals surface area (Å²) in [5.41, 5.74) is 1.59. The molecule has 0 bridgehead atoms. The summed E-state index contributed by atoms with van der Waals surface area (Å²) in [6, 6.07) is 4.89. The lowest BCUT2D eigenvalue weighted by molar-refractivity contribution is 0.386. The van der Waals surface area contributed by atoms with Gasteiger partial charge < -0.3 is 10.1 Å². The topological polar surface area (TPSA) is 34.2 Å². The van der Waals surface area contributed by atoms with Crippen molar-refractivity contribution in [2.45, 2.75) is 6.42 Å². The molecule has 0 aliphatic rings. The van der Waals surface area contributed by atoms with Gasteiger partial charge in [0, 0.05) is 23.9 Å². The van der Waals surface area contributed by atoms with Gasteiger partial charge >= 0.3 is 0 Å². The summed E-state index contributed by atoms with van der Waals surface area (Å²) >= 11 is 1.60. The first-order chi connectivity index (χ1) is 8.74. The first-order valence-corrected chi connectivity index (χ1v) is 6.55. The quantitative estimate of drug-likeness (QED) is 0.903. The number of hydrogen-bond acceptors (Lipinski definition) is 4. The molecule has 5 heteroatoms. The van der Waals surface area contributed by atoms with E-state index in [4.69, 9.17) is 4.74 Å². The van der Waals surface area contributed by atoms with Gasteiger partial charge in [-0.2, -0.15) is 0 Å². The summed E-state index contributed by atoms with van der Waals surface area (Å²) in [6.07, 6.45) is 0.889. The minimum Gasteiger partial charge on any atom is -0.494 e. The highest BCUT2D eigenvalue weighted by atomic mass is 32.1. The van der Waals surface area contributed by atoms with Gasteiger partial charge in [0.05, 0.1) is 17.8 Å². The number of halogens is 1. The fourth-order valence-electron chi connectivity index (χ4n) is 1.62. The Hall–Kier alpha value is -1.46. The Morgan fingerprint density at radius 1 is 1.44 bits per heavy atom. The molecule has 0 saturated heterocycles. The average Bonchev–Trinajstić information content (AvgIpc) is 2.85. The molecular formula is C13H15FN2OS. The van der Waals surface area contributed by atoms with E-state index in [-0.39, 0.29) is 11.6 Å². The van der Waals surface area contributed by atoms with Crippen LogP contribution >= 0.6 is 11.3 Å². The van der Waals surface area contributed by atoms with E-state index in [9.17, 15) is 4.39 Å². The Morgan fingerprint density at radius 2 is 2.28 bits per heavy atom. The lowest BCUT2D eigenvalue weighted by atomic mass is 10.1. The van der Waals surface area contributed by atoms with Crippen LogP contribution in [0.15, 0.2) is 23.6 Å². The Bertz CT molecular complexity index is 527. The van der Waals surface area contributed by atoms with Gasteiger partial charge in [-0.15, -0.1) is 11.3 Å². The molecule has 96 valence electrons. The van der Waals surface area contributed by atoms with Crippen LogP contribution in [0.4, 0.5) is 4.39 Å². The zero-order valence-corrected chi connectivity index (χ0v) is 11.2. The lowest BCUT2D eigenvalue weighted by Crippen LogP contribution is -2.09. The van der Waals surface area contributed by atoms with Crippen molar-refractivity contribution in [3.63, 3.8) is 0 Å². The van der Waals surface area contributed by atoms with Gasteiger partial charge in [-0.05, 0) is 25.2 Å². The second-order valence-corrected chi connectivity index (χ2v) is 4.77. The Labute approximate surface area is 110 Å². The molecule has 0 unspecified atom stereocenters. The predicted octanol–water partition coefficient (Wildman–Crippen LogP) is 2.72. The zero-order valence-electron chi connectivity index (χ0n) is 10.4. The summed E-state index contributed by atoms with van der Waals surface area (Å²) < 4.78 is 18.5. The third-order valence-electron chi connectivity index (χ3n) is 2.59. The van der Waals surface area contributed by atoms with Gasteiger partial charge in [0.15, 0.2) is 11.6 Å². The van der Waals surface area contributed by atoms with Crippen LogP contribution in [0.5, 0.6) is 5.75 Å². The molecule has 0 aliphatic heterocycles. The summed E-state index contributed by atoms with van der Waals surface area (Å²) in [5, 5.41) is 6.08. The van der Waals surface area contributed by atoms with Crippen LogP contribution in [0.1, 0.15) is 5.01 Å². The predicted molar refractivity (Wildman–Crippen MR) is 71.7 cm³/mol. The largest absolute Gasteiger partial charge is 0.494 e. The summed E-state index contributed by atoms with van der Waals surface area (Å²) in [6.45, 7) is 0.893. The maximum Gasteiger partial charge on any atom is 0.165 e. The van der Waals surface area contributed by atoms with Gasteiger partial charge in [0.1, 0.15) is 0 Å². The van der Waals surface area contributed by atoms with Crippen molar-refractivity contribution < 1.29 is 9.13 Å². The number of likely N-dealkylation sites (N-methyl/N-ethyl adjacent to an activating group) is 1. The van der Waals surface area contributed by atoms with Crippen molar-refractivity contribution in [2.75, 3.05) is 20.7 Å². The maximum atomic E-state index is 13.6. The SMILES string of the molecule is CNCCc1nc(-c2ccc(OC)c(F)c2)cs1. The lowest BCUT2D eigenvalue weighted by Gasteiger charge is -2.03.